The number of nitrogens with zero attached hydrogens (tertiary/aromatic N) is 1. The molecule has 2 N–H and O–H groups in total. The van der Waals surface area contributed by atoms with Gasteiger partial charge in [-0.25, -0.2) is 0 Å². The van der Waals surface area contributed by atoms with Crippen molar-refractivity contribution < 1.29 is 4.74 Å². The van der Waals surface area contributed by atoms with Gasteiger partial charge in [-0.2, -0.15) is 0 Å². The average Bonchev–Trinajstić information content (AvgIpc) is 2.16. The number of rotatable bonds is 9. The van der Waals surface area contributed by atoms with E-state index in [4.69, 9.17) is 10.5 Å². The van der Waals surface area contributed by atoms with E-state index < -0.39 is 0 Å². The van der Waals surface area contributed by atoms with Crippen LogP contribution in [-0.2, 0) is 4.74 Å². The van der Waals surface area contributed by atoms with Crippen molar-refractivity contribution in [2.24, 2.45) is 17.6 Å². The van der Waals surface area contributed by atoms with Gasteiger partial charge in [0, 0.05) is 19.7 Å². The lowest BCUT2D eigenvalue weighted by atomic mass is 9.97. The highest BCUT2D eigenvalue weighted by atomic mass is 16.5. The summed E-state index contributed by atoms with van der Waals surface area (Å²) in [6, 6.07) is 0. The molecule has 0 amide bonds. The van der Waals surface area contributed by atoms with Crippen molar-refractivity contribution in [2.45, 2.75) is 27.2 Å². The molecule has 0 fully saturated rings. The Kier molecular flexibility index (Phi) is 9.06. The van der Waals surface area contributed by atoms with E-state index in [0.717, 1.165) is 38.8 Å². The summed E-state index contributed by atoms with van der Waals surface area (Å²) in [7, 11) is 2.14. The smallest absolute Gasteiger partial charge is 0.0593 e. The summed E-state index contributed by atoms with van der Waals surface area (Å²) in [5, 5.41) is 0. The van der Waals surface area contributed by atoms with E-state index in [9.17, 15) is 0 Å². The number of hydrogen-bond donors (Lipinski definition) is 1. The number of ether oxygens (including phenoxy) is 1. The van der Waals surface area contributed by atoms with E-state index in [2.05, 4.69) is 25.8 Å². The lowest BCUT2D eigenvalue weighted by Gasteiger charge is -2.24. The van der Waals surface area contributed by atoms with Crippen LogP contribution in [0.4, 0.5) is 0 Å². The van der Waals surface area contributed by atoms with Crippen molar-refractivity contribution in [3.8, 4) is 0 Å². The second kappa shape index (κ2) is 9.13. The molecule has 0 heterocycles. The second-order valence-electron chi connectivity index (χ2n) is 4.69. The molecule has 0 bridgehead atoms. The van der Waals surface area contributed by atoms with Crippen LogP contribution in [0.2, 0.25) is 0 Å². The molecule has 0 rings (SSSR count). The molecule has 92 valence electrons. The minimum atomic E-state index is 0.622. The fourth-order valence-corrected chi connectivity index (χ4v) is 1.81. The highest BCUT2D eigenvalue weighted by molar-refractivity contribution is 4.66. The van der Waals surface area contributed by atoms with Crippen LogP contribution in [0.25, 0.3) is 0 Å². The molecule has 0 aliphatic rings. The standard InChI is InChI=1S/C12H28N2O/c1-5-15-7-6-14(4)10-12(9-13)8-11(2)3/h11-12H,5-10,13H2,1-4H3. The SMILES string of the molecule is CCOCCN(C)CC(CN)CC(C)C. The van der Waals surface area contributed by atoms with Crippen LogP contribution in [-0.4, -0.2) is 44.8 Å². The van der Waals surface area contributed by atoms with Crippen molar-refractivity contribution in [3.63, 3.8) is 0 Å². The zero-order chi connectivity index (χ0) is 11.7. The molecule has 3 nitrogen and oxygen atoms in total. The van der Waals surface area contributed by atoms with Gasteiger partial charge in [-0.1, -0.05) is 13.8 Å². The Labute approximate surface area is 95.0 Å². The van der Waals surface area contributed by atoms with Crippen molar-refractivity contribution in [1.29, 1.82) is 0 Å². The zero-order valence-corrected chi connectivity index (χ0v) is 10.8. The lowest BCUT2D eigenvalue weighted by Crippen LogP contribution is -2.33. The molecule has 0 aromatic carbocycles. The van der Waals surface area contributed by atoms with Crippen LogP contribution >= 0.6 is 0 Å². The van der Waals surface area contributed by atoms with Gasteiger partial charge < -0.3 is 15.4 Å². The number of likely N-dealkylation sites (N-methyl/N-ethyl adjacent to an activating group) is 1. The van der Waals surface area contributed by atoms with Gasteiger partial charge in [0.25, 0.3) is 0 Å². The molecule has 0 saturated carbocycles. The van der Waals surface area contributed by atoms with E-state index in [0.29, 0.717) is 5.92 Å². The topological polar surface area (TPSA) is 38.5 Å². The lowest BCUT2D eigenvalue weighted by molar-refractivity contribution is 0.115. The summed E-state index contributed by atoms with van der Waals surface area (Å²) < 4.78 is 5.33. The summed E-state index contributed by atoms with van der Waals surface area (Å²) in [6.07, 6.45) is 1.22. The summed E-state index contributed by atoms with van der Waals surface area (Å²) in [6.45, 7) is 11.0. The Morgan fingerprint density at radius 2 is 2.00 bits per heavy atom. The summed E-state index contributed by atoms with van der Waals surface area (Å²) in [4.78, 5) is 2.32. The van der Waals surface area contributed by atoms with Crippen molar-refractivity contribution in [2.75, 3.05) is 39.9 Å². The highest BCUT2D eigenvalue weighted by Crippen LogP contribution is 2.11. The first-order chi connectivity index (χ1) is 7.10. The number of nitrogens with two attached hydrogens (primary N) is 1. The zero-order valence-electron chi connectivity index (χ0n) is 10.8. The summed E-state index contributed by atoms with van der Waals surface area (Å²) in [5.41, 5.74) is 5.77. The third-order valence-corrected chi connectivity index (χ3v) is 2.53. The van der Waals surface area contributed by atoms with E-state index in [1.807, 2.05) is 6.92 Å². The summed E-state index contributed by atoms with van der Waals surface area (Å²) in [5.74, 6) is 1.36. The van der Waals surface area contributed by atoms with Crippen LogP contribution in [0.3, 0.4) is 0 Å². The molecule has 3 heteroatoms. The van der Waals surface area contributed by atoms with Gasteiger partial charge in [0.15, 0.2) is 0 Å². The molecule has 0 radical (unpaired) electrons. The normalized spacial score (nSPS) is 13.8. The minimum Gasteiger partial charge on any atom is -0.380 e. The maximum atomic E-state index is 5.77. The van der Waals surface area contributed by atoms with Gasteiger partial charge in [0.1, 0.15) is 0 Å². The van der Waals surface area contributed by atoms with E-state index in [-0.39, 0.29) is 0 Å². The van der Waals surface area contributed by atoms with E-state index in [1.165, 1.54) is 6.42 Å². The predicted molar refractivity (Wildman–Crippen MR) is 66.0 cm³/mol. The summed E-state index contributed by atoms with van der Waals surface area (Å²) >= 11 is 0. The molecule has 0 spiro atoms. The molecular weight excluding hydrogens is 188 g/mol. The Balaban J connectivity index is 3.65. The third kappa shape index (κ3) is 8.85. The van der Waals surface area contributed by atoms with Gasteiger partial charge in [0.2, 0.25) is 0 Å². The van der Waals surface area contributed by atoms with Gasteiger partial charge in [-0.3, -0.25) is 0 Å². The van der Waals surface area contributed by atoms with Crippen molar-refractivity contribution in [3.05, 3.63) is 0 Å². The van der Waals surface area contributed by atoms with Gasteiger partial charge in [-0.05, 0) is 38.8 Å². The van der Waals surface area contributed by atoms with Gasteiger partial charge >= 0.3 is 0 Å². The van der Waals surface area contributed by atoms with Crippen molar-refractivity contribution in [1.82, 2.24) is 4.90 Å². The van der Waals surface area contributed by atoms with Crippen LogP contribution in [0.15, 0.2) is 0 Å². The van der Waals surface area contributed by atoms with E-state index in [1.54, 1.807) is 0 Å². The maximum Gasteiger partial charge on any atom is 0.0593 e. The predicted octanol–water partition coefficient (Wildman–Crippen LogP) is 1.58. The van der Waals surface area contributed by atoms with Crippen LogP contribution < -0.4 is 5.73 Å². The first-order valence-electron chi connectivity index (χ1n) is 6.06. The van der Waals surface area contributed by atoms with Gasteiger partial charge in [-0.15, -0.1) is 0 Å². The fraction of sp³-hybridized carbons (Fsp3) is 1.00. The molecule has 0 aromatic rings. The molecule has 15 heavy (non-hydrogen) atoms. The largest absolute Gasteiger partial charge is 0.380 e. The first kappa shape index (κ1) is 14.9. The van der Waals surface area contributed by atoms with E-state index >= 15 is 0 Å². The highest BCUT2D eigenvalue weighted by Gasteiger charge is 2.11. The van der Waals surface area contributed by atoms with Crippen LogP contribution in [0.5, 0.6) is 0 Å². The van der Waals surface area contributed by atoms with Gasteiger partial charge in [0.05, 0.1) is 6.61 Å². The molecule has 0 aromatic heterocycles. The first-order valence-corrected chi connectivity index (χ1v) is 6.06. The molecular formula is C12H28N2O. The number of hydrogen-bond acceptors (Lipinski definition) is 3. The monoisotopic (exact) mass is 216 g/mol. The Morgan fingerprint density at radius 3 is 2.47 bits per heavy atom. The fourth-order valence-electron chi connectivity index (χ4n) is 1.81. The Hall–Kier alpha value is -0.120. The van der Waals surface area contributed by atoms with Crippen LogP contribution in [0.1, 0.15) is 27.2 Å². The third-order valence-electron chi connectivity index (χ3n) is 2.53. The molecule has 1 atom stereocenters. The molecule has 0 saturated heterocycles. The molecule has 0 aliphatic heterocycles. The van der Waals surface area contributed by atoms with Crippen molar-refractivity contribution >= 4 is 0 Å². The molecule has 1 unspecified atom stereocenters. The Bertz CT molecular complexity index is 140. The second-order valence-corrected chi connectivity index (χ2v) is 4.69. The average molecular weight is 216 g/mol. The Morgan fingerprint density at radius 1 is 1.33 bits per heavy atom. The minimum absolute atomic E-state index is 0.622. The maximum absolute atomic E-state index is 5.77. The molecule has 0 aliphatic carbocycles. The quantitative estimate of drug-likeness (QED) is 0.595. The van der Waals surface area contributed by atoms with Crippen LogP contribution in [0, 0.1) is 11.8 Å².